The van der Waals surface area contributed by atoms with Crippen LogP contribution in [-0.4, -0.2) is 25.9 Å². The molecule has 1 aliphatic rings. The fourth-order valence-corrected chi connectivity index (χ4v) is 2.84. The van der Waals surface area contributed by atoms with Gasteiger partial charge < -0.3 is 29.3 Å². The largest absolute Gasteiger partial charge is 0.466 e. The summed E-state index contributed by atoms with van der Waals surface area (Å²) in [5.74, 6) is 3.09. The lowest BCUT2D eigenvalue weighted by atomic mass is 10.1. The maximum Gasteiger partial charge on any atom is 0.387 e. The Morgan fingerprint density at radius 3 is 2.48 bits per heavy atom. The average Bonchev–Trinajstić information content (AvgIpc) is 3.21. The summed E-state index contributed by atoms with van der Waals surface area (Å²) < 4.78 is 46.2. The lowest BCUT2D eigenvalue weighted by Gasteiger charge is -2.13. The highest BCUT2D eigenvalue weighted by Gasteiger charge is 2.20. The Kier molecular flexibility index (Phi) is 8.35. The lowest BCUT2D eigenvalue weighted by Crippen LogP contribution is -2.36. The van der Waals surface area contributed by atoms with Crippen LogP contribution in [0.3, 0.4) is 0 Å². The summed E-state index contributed by atoms with van der Waals surface area (Å²) in [5.41, 5.74) is 1.49. The molecule has 2 heterocycles. The molecular weight excluding hydrogens is 499 g/mol. The Bertz CT molecular complexity index is 858. The fourth-order valence-electron chi connectivity index (χ4n) is 2.84. The molecule has 0 aliphatic carbocycles. The highest BCUT2D eigenvalue weighted by molar-refractivity contribution is 14.0. The van der Waals surface area contributed by atoms with Crippen LogP contribution in [-0.2, 0) is 13.1 Å². The van der Waals surface area contributed by atoms with Gasteiger partial charge in [0.2, 0.25) is 6.79 Å². The van der Waals surface area contributed by atoms with Gasteiger partial charge in [-0.25, -0.2) is 4.99 Å². The van der Waals surface area contributed by atoms with E-state index in [0.717, 1.165) is 17.1 Å². The van der Waals surface area contributed by atoms with Gasteiger partial charge in [0.15, 0.2) is 17.5 Å². The predicted molar refractivity (Wildman–Crippen MR) is 114 cm³/mol. The van der Waals surface area contributed by atoms with Gasteiger partial charge in [0, 0.05) is 30.3 Å². The number of nitrogens with zero attached hydrogens (tertiary/aromatic N) is 1. The number of furan rings is 1. The van der Waals surface area contributed by atoms with Crippen molar-refractivity contribution in [3.05, 3.63) is 40.8 Å². The summed E-state index contributed by atoms with van der Waals surface area (Å²) in [5, 5.41) is 6.33. The molecule has 0 saturated carbocycles. The van der Waals surface area contributed by atoms with E-state index in [1.54, 1.807) is 6.07 Å². The molecule has 0 saturated heterocycles. The molecule has 0 unspecified atom stereocenters. The molecule has 160 valence electrons. The highest BCUT2D eigenvalue weighted by Crippen LogP contribution is 2.39. The second-order valence-electron chi connectivity index (χ2n) is 6.18. The number of alkyl halides is 2. The van der Waals surface area contributed by atoms with Crippen molar-refractivity contribution in [2.75, 3.05) is 13.3 Å². The van der Waals surface area contributed by atoms with E-state index in [1.807, 2.05) is 26.8 Å². The number of rotatable bonds is 7. The number of guanidine groups is 1. The van der Waals surface area contributed by atoms with Crippen LogP contribution in [0.1, 0.15) is 29.6 Å². The van der Waals surface area contributed by atoms with Crippen LogP contribution in [0, 0.1) is 13.8 Å². The molecule has 7 nitrogen and oxygen atoms in total. The van der Waals surface area contributed by atoms with Crippen molar-refractivity contribution in [3.63, 3.8) is 0 Å². The van der Waals surface area contributed by atoms with E-state index < -0.39 is 6.61 Å². The first-order valence-electron chi connectivity index (χ1n) is 8.91. The first-order chi connectivity index (χ1) is 13.5. The second kappa shape index (κ2) is 10.5. The highest BCUT2D eigenvalue weighted by atomic mass is 127. The molecule has 1 aliphatic heterocycles. The minimum absolute atomic E-state index is 0. The van der Waals surface area contributed by atoms with Gasteiger partial charge in [-0.1, -0.05) is 0 Å². The summed E-state index contributed by atoms with van der Waals surface area (Å²) in [6.07, 6.45) is 0. The monoisotopic (exact) mass is 523 g/mol. The Morgan fingerprint density at radius 2 is 1.86 bits per heavy atom. The fraction of sp³-hybridized carbons (Fsp3) is 0.421. The van der Waals surface area contributed by atoms with Gasteiger partial charge in [-0.15, -0.1) is 24.0 Å². The molecule has 0 amide bonds. The molecular formula is C19H24F2IN3O4. The Labute approximate surface area is 184 Å². The summed E-state index contributed by atoms with van der Waals surface area (Å²) >= 11 is 0. The van der Waals surface area contributed by atoms with Gasteiger partial charge in [0.05, 0.1) is 6.54 Å². The van der Waals surface area contributed by atoms with Crippen molar-refractivity contribution in [2.24, 2.45) is 4.99 Å². The van der Waals surface area contributed by atoms with Crippen molar-refractivity contribution in [2.45, 2.75) is 40.5 Å². The molecule has 0 fully saturated rings. The van der Waals surface area contributed by atoms with E-state index in [1.165, 1.54) is 6.07 Å². The number of nitrogens with one attached hydrogen (secondary N) is 2. The van der Waals surface area contributed by atoms with E-state index in [2.05, 4.69) is 20.4 Å². The van der Waals surface area contributed by atoms with Crippen molar-refractivity contribution < 1.29 is 27.4 Å². The van der Waals surface area contributed by atoms with Crippen molar-refractivity contribution in [1.82, 2.24) is 10.6 Å². The Hall–Kier alpha value is -2.24. The number of fused-ring (bicyclic) bond motifs is 1. The molecule has 2 N–H and O–H groups in total. The summed E-state index contributed by atoms with van der Waals surface area (Å²) in [6.45, 7) is 4.13. The number of benzene rings is 1. The quantitative estimate of drug-likeness (QED) is 0.324. The van der Waals surface area contributed by atoms with Crippen molar-refractivity contribution >= 4 is 29.9 Å². The topological polar surface area (TPSA) is 77.3 Å². The molecule has 2 aromatic rings. The van der Waals surface area contributed by atoms with Gasteiger partial charge >= 0.3 is 6.61 Å². The predicted octanol–water partition coefficient (Wildman–Crippen LogP) is 4.10. The van der Waals surface area contributed by atoms with E-state index in [9.17, 15) is 8.78 Å². The zero-order valence-electron chi connectivity index (χ0n) is 16.4. The minimum Gasteiger partial charge on any atom is -0.466 e. The van der Waals surface area contributed by atoms with E-state index in [4.69, 9.17) is 13.9 Å². The van der Waals surface area contributed by atoms with Crippen LogP contribution in [0.15, 0.2) is 27.6 Å². The Morgan fingerprint density at radius 1 is 1.14 bits per heavy atom. The third-order valence-corrected chi connectivity index (χ3v) is 4.11. The van der Waals surface area contributed by atoms with E-state index in [0.29, 0.717) is 36.1 Å². The number of halogens is 3. The number of ether oxygens (including phenoxy) is 3. The van der Waals surface area contributed by atoms with Crippen LogP contribution in [0.5, 0.6) is 17.2 Å². The van der Waals surface area contributed by atoms with E-state index >= 15 is 0 Å². The molecule has 1 aromatic carbocycles. The van der Waals surface area contributed by atoms with Crippen LogP contribution in [0.2, 0.25) is 0 Å². The number of aryl methyl sites for hydroxylation is 2. The SMILES string of the molecule is CCNC(=NCc1cc2c(cc1OC(F)F)OCO2)NCc1cc(C)oc1C.I. The van der Waals surface area contributed by atoms with Gasteiger partial charge in [-0.2, -0.15) is 8.78 Å². The summed E-state index contributed by atoms with van der Waals surface area (Å²) in [4.78, 5) is 4.47. The third kappa shape index (κ3) is 6.12. The zero-order valence-corrected chi connectivity index (χ0v) is 18.7. The second-order valence-corrected chi connectivity index (χ2v) is 6.18. The summed E-state index contributed by atoms with van der Waals surface area (Å²) in [6, 6.07) is 4.96. The van der Waals surface area contributed by atoms with Gasteiger partial charge in [-0.3, -0.25) is 0 Å². The molecule has 1 aromatic heterocycles. The standard InChI is InChI=1S/C19H23F2N3O4.HI/c1-4-22-19(23-8-13-5-11(2)27-12(13)3)24-9-14-6-16-17(26-10-25-16)7-15(14)28-18(20)21;/h5-7,18H,4,8-10H2,1-3H3,(H2,22,23,24);1H. The molecule has 0 spiro atoms. The smallest absolute Gasteiger partial charge is 0.387 e. The normalized spacial score (nSPS) is 12.7. The Balaban J connectivity index is 0.00000300. The van der Waals surface area contributed by atoms with Gasteiger partial charge in [0.1, 0.15) is 17.3 Å². The van der Waals surface area contributed by atoms with Crippen LogP contribution in [0.25, 0.3) is 0 Å². The molecule has 29 heavy (non-hydrogen) atoms. The molecule has 0 atom stereocenters. The van der Waals surface area contributed by atoms with E-state index in [-0.39, 0.29) is 43.1 Å². The maximum atomic E-state index is 12.8. The zero-order chi connectivity index (χ0) is 20.1. The lowest BCUT2D eigenvalue weighted by molar-refractivity contribution is -0.0505. The van der Waals surface area contributed by atoms with Crippen LogP contribution < -0.4 is 24.8 Å². The van der Waals surface area contributed by atoms with Crippen LogP contribution >= 0.6 is 24.0 Å². The number of hydrogen-bond donors (Lipinski definition) is 2. The number of hydrogen-bond acceptors (Lipinski definition) is 5. The van der Waals surface area contributed by atoms with Crippen molar-refractivity contribution in [3.8, 4) is 17.2 Å². The van der Waals surface area contributed by atoms with Crippen LogP contribution in [0.4, 0.5) is 8.78 Å². The first-order valence-corrected chi connectivity index (χ1v) is 8.91. The maximum absolute atomic E-state index is 12.8. The number of aliphatic imine (C=N–C) groups is 1. The molecule has 10 heteroatoms. The third-order valence-electron chi connectivity index (χ3n) is 4.11. The molecule has 3 rings (SSSR count). The average molecular weight is 523 g/mol. The van der Waals surface area contributed by atoms with Gasteiger partial charge in [0.25, 0.3) is 0 Å². The molecule has 0 radical (unpaired) electrons. The van der Waals surface area contributed by atoms with Gasteiger partial charge in [-0.05, 0) is 32.9 Å². The van der Waals surface area contributed by atoms with Crippen molar-refractivity contribution in [1.29, 1.82) is 0 Å². The first kappa shape index (κ1) is 23.0. The molecule has 0 bridgehead atoms. The minimum atomic E-state index is -2.94. The summed E-state index contributed by atoms with van der Waals surface area (Å²) in [7, 11) is 0.